The summed E-state index contributed by atoms with van der Waals surface area (Å²) in [5.74, 6) is 1.28. The van der Waals surface area contributed by atoms with Gasteiger partial charge in [0.1, 0.15) is 5.75 Å². The van der Waals surface area contributed by atoms with Crippen molar-refractivity contribution >= 4 is 16.6 Å². The van der Waals surface area contributed by atoms with Crippen molar-refractivity contribution in [1.29, 1.82) is 0 Å². The van der Waals surface area contributed by atoms with Gasteiger partial charge in [-0.25, -0.2) is 4.98 Å². The molecule has 4 aromatic rings. The Bertz CT molecular complexity index is 1280. The van der Waals surface area contributed by atoms with Crippen molar-refractivity contribution in [3.8, 4) is 17.0 Å². The molecule has 1 aliphatic rings. The second-order valence-electron chi connectivity index (χ2n) is 8.14. The molecule has 0 atom stereocenters. The fourth-order valence-corrected chi connectivity index (χ4v) is 4.39. The van der Waals surface area contributed by atoms with Crippen molar-refractivity contribution in [2.75, 3.05) is 25.1 Å². The number of hydrogen-bond acceptors (Lipinski definition) is 6. The molecule has 32 heavy (non-hydrogen) atoms. The van der Waals surface area contributed by atoms with Gasteiger partial charge in [0.25, 0.3) is 5.56 Å². The summed E-state index contributed by atoms with van der Waals surface area (Å²) in [5.41, 5.74) is 3.73. The normalized spacial score (nSPS) is 14.6. The van der Waals surface area contributed by atoms with Crippen LogP contribution in [-0.2, 0) is 6.54 Å². The Hall–Kier alpha value is -3.74. The highest BCUT2D eigenvalue weighted by Gasteiger charge is 2.22. The number of anilines is 1. The zero-order chi connectivity index (χ0) is 21.9. The molecule has 0 saturated carbocycles. The van der Waals surface area contributed by atoms with E-state index in [2.05, 4.69) is 32.0 Å². The molecule has 7 heteroatoms. The van der Waals surface area contributed by atoms with Gasteiger partial charge in [0.05, 0.1) is 24.6 Å². The van der Waals surface area contributed by atoms with Gasteiger partial charge in [0, 0.05) is 60.9 Å². The summed E-state index contributed by atoms with van der Waals surface area (Å²) in [7, 11) is 1.68. The molecule has 0 N–H and O–H groups in total. The van der Waals surface area contributed by atoms with E-state index in [-0.39, 0.29) is 5.56 Å². The number of methoxy groups -OCH3 is 1. The molecule has 1 fully saturated rings. The lowest BCUT2D eigenvalue weighted by Gasteiger charge is -2.34. The largest absolute Gasteiger partial charge is 0.497 e. The first kappa shape index (κ1) is 20.2. The molecule has 1 aliphatic heterocycles. The quantitative estimate of drug-likeness (QED) is 0.483. The second kappa shape index (κ2) is 8.78. The van der Waals surface area contributed by atoms with Gasteiger partial charge in [-0.2, -0.15) is 0 Å². The van der Waals surface area contributed by atoms with E-state index in [0.29, 0.717) is 18.2 Å². The highest BCUT2D eigenvalue weighted by Crippen LogP contribution is 2.31. The van der Waals surface area contributed by atoms with Crippen LogP contribution in [0.4, 0.5) is 5.69 Å². The fourth-order valence-electron chi connectivity index (χ4n) is 4.39. The number of nitrogens with zero attached hydrogens (tertiary/aromatic N) is 5. The minimum Gasteiger partial charge on any atom is -0.497 e. The SMILES string of the molecule is COc1ccc2nccc(N3CCC(Cn4cnc(-c5ccncc5)cc4=O)CC3)c2c1. The first-order chi connectivity index (χ1) is 15.7. The third kappa shape index (κ3) is 4.06. The lowest BCUT2D eigenvalue weighted by Crippen LogP contribution is -2.36. The van der Waals surface area contributed by atoms with Crippen LogP contribution in [0.5, 0.6) is 5.75 Å². The molecule has 3 aromatic heterocycles. The predicted octanol–water partition coefficient (Wildman–Crippen LogP) is 3.78. The Morgan fingerprint density at radius 3 is 2.56 bits per heavy atom. The van der Waals surface area contributed by atoms with Crippen LogP contribution >= 0.6 is 0 Å². The first-order valence-corrected chi connectivity index (χ1v) is 10.9. The van der Waals surface area contributed by atoms with Gasteiger partial charge >= 0.3 is 0 Å². The summed E-state index contributed by atoms with van der Waals surface area (Å²) in [5, 5.41) is 1.11. The molecule has 162 valence electrons. The lowest BCUT2D eigenvalue weighted by atomic mass is 9.96. The van der Waals surface area contributed by atoms with Crippen molar-refractivity contribution in [2.45, 2.75) is 19.4 Å². The summed E-state index contributed by atoms with van der Waals surface area (Å²) >= 11 is 0. The zero-order valence-electron chi connectivity index (χ0n) is 18.0. The maximum atomic E-state index is 12.7. The number of benzene rings is 1. The third-order valence-corrected chi connectivity index (χ3v) is 6.19. The fraction of sp³-hybridized carbons (Fsp3) is 0.280. The van der Waals surface area contributed by atoms with Crippen molar-refractivity contribution in [2.24, 2.45) is 5.92 Å². The molecule has 0 radical (unpaired) electrons. The highest BCUT2D eigenvalue weighted by molar-refractivity contribution is 5.92. The van der Waals surface area contributed by atoms with E-state index in [1.807, 2.05) is 30.5 Å². The van der Waals surface area contributed by atoms with Gasteiger partial charge in [-0.05, 0) is 55.2 Å². The van der Waals surface area contributed by atoms with E-state index < -0.39 is 0 Å². The monoisotopic (exact) mass is 427 g/mol. The van der Waals surface area contributed by atoms with Crippen LogP contribution < -0.4 is 15.2 Å². The number of piperidine rings is 1. The summed E-state index contributed by atoms with van der Waals surface area (Å²) in [6.07, 6.45) is 8.99. The maximum absolute atomic E-state index is 12.7. The van der Waals surface area contributed by atoms with E-state index >= 15 is 0 Å². The Morgan fingerprint density at radius 1 is 1.00 bits per heavy atom. The molecule has 0 aliphatic carbocycles. The van der Waals surface area contributed by atoms with Crippen LogP contribution in [0.15, 0.2) is 72.2 Å². The highest BCUT2D eigenvalue weighted by atomic mass is 16.5. The smallest absolute Gasteiger partial charge is 0.253 e. The Labute approximate surface area is 186 Å². The van der Waals surface area contributed by atoms with Gasteiger partial charge in [0.15, 0.2) is 0 Å². The Kier molecular flexibility index (Phi) is 5.54. The number of aromatic nitrogens is 4. The topological polar surface area (TPSA) is 73.1 Å². The molecular weight excluding hydrogens is 402 g/mol. The zero-order valence-corrected chi connectivity index (χ0v) is 18.0. The van der Waals surface area contributed by atoms with Crippen molar-refractivity contribution < 1.29 is 4.74 Å². The molecule has 0 bridgehead atoms. The molecule has 4 heterocycles. The van der Waals surface area contributed by atoms with Crippen LogP contribution in [-0.4, -0.2) is 39.7 Å². The van der Waals surface area contributed by atoms with Gasteiger partial charge in [-0.1, -0.05) is 0 Å². The number of fused-ring (bicyclic) bond motifs is 1. The average molecular weight is 428 g/mol. The second-order valence-corrected chi connectivity index (χ2v) is 8.14. The van der Waals surface area contributed by atoms with E-state index in [9.17, 15) is 4.79 Å². The minimum absolute atomic E-state index is 0.0125. The van der Waals surface area contributed by atoms with Crippen LogP contribution in [0, 0.1) is 5.92 Å². The van der Waals surface area contributed by atoms with E-state index in [1.54, 1.807) is 36.5 Å². The van der Waals surface area contributed by atoms with Gasteiger partial charge < -0.3 is 9.64 Å². The number of rotatable bonds is 5. The molecule has 7 nitrogen and oxygen atoms in total. The Morgan fingerprint density at radius 2 is 1.81 bits per heavy atom. The molecule has 0 spiro atoms. The Balaban J connectivity index is 1.28. The molecule has 0 unspecified atom stereocenters. The van der Waals surface area contributed by atoms with E-state index in [0.717, 1.165) is 48.1 Å². The standard InChI is InChI=1S/C25H25N5O2/c1-32-20-2-3-22-21(14-20)24(6-11-27-22)29-12-7-18(8-13-29)16-30-17-28-23(15-25(30)31)19-4-9-26-10-5-19/h2-6,9-11,14-15,17-18H,7-8,12-13,16H2,1H3. The summed E-state index contributed by atoms with van der Waals surface area (Å²) in [6, 6.07) is 13.4. The lowest BCUT2D eigenvalue weighted by molar-refractivity contribution is 0.351. The van der Waals surface area contributed by atoms with Crippen LogP contribution in [0.1, 0.15) is 12.8 Å². The summed E-state index contributed by atoms with van der Waals surface area (Å²) < 4.78 is 7.14. The molecule has 1 aromatic carbocycles. The molecule has 0 amide bonds. The number of pyridine rings is 2. The molecular formula is C25H25N5O2. The van der Waals surface area contributed by atoms with Gasteiger partial charge in [0.2, 0.25) is 0 Å². The van der Waals surface area contributed by atoms with Crippen LogP contribution in [0.25, 0.3) is 22.2 Å². The van der Waals surface area contributed by atoms with Crippen molar-refractivity contribution in [1.82, 2.24) is 19.5 Å². The summed E-state index contributed by atoms with van der Waals surface area (Å²) in [4.78, 5) is 28.1. The van der Waals surface area contributed by atoms with Crippen molar-refractivity contribution in [3.63, 3.8) is 0 Å². The van der Waals surface area contributed by atoms with Gasteiger partial charge in [-0.15, -0.1) is 0 Å². The molecule has 5 rings (SSSR count). The van der Waals surface area contributed by atoms with Gasteiger partial charge in [-0.3, -0.25) is 19.3 Å². The van der Waals surface area contributed by atoms with E-state index in [1.165, 1.54) is 5.69 Å². The summed E-state index contributed by atoms with van der Waals surface area (Å²) in [6.45, 7) is 2.58. The van der Waals surface area contributed by atoms with Crippen LogP contribution in [0.3, 0.4) is 0 Å². The third-order valence-electron chi connectivity index (χ3n) is 6.19. The first-order valence-electron chi connectivity index (χ1n) is 10.9. The van der Waals surface area contributed by atoms with Crippen LogP contribution in [0.2, 0.25) is 0 Å². The average Bonchev–Trinajstić information content (AvgIpc) is 2.85. The predicted molar refractivity (Wildman–Crippen MR) is 125 cm³/mol. The number of ether oxygens (including phenoxy) is 1. The van der Waals surface area contributed by atoms with Crippen molar-refractivity contribution in [3.05, 3.63) is 77.7 Å². The molecule has 1 saturated heterocycles. The number of hydrogen-bond donors (Lipinski definition) is 0. The minimum atomic E-state index is -0.0125. The van der Waals surface area contributed by atoms with E-state index in [4.69, 9.17) is 4.74 Å². The maximum Gasteiger partial charge on any atom is 0.253 e.